The minimum absolute atomic E-state index is 0.0394. The summed E-state index contributed by atoms with van der Waals surface area (Å²) in [5, 5.41) is 8.74. The Balaban J connectivity index is 2.07. The molecule has 0 bridgehead atoms. The van der Waals surface area contributed by atoms with Crippen LogP contribution < -0.4 is 0 Å². The van der Waals surface area contributed by atoms with Crippen LogP contribution in [0, 0.1) is 11.8 Å². The van der Waals surface area contributed by atoms with Gasteiger partial charge in [0.1, 0.15) is 0 Å². The summed E-state index contributed by atoms with van der Waals surface area (Å²) in [5.41, 5.74) is 0. The summed E-state index contributed by atoms with van der Waals surface area (Å²) < 4.78 is 0. The molecule has 1 heterocycles. The first-order chi connectivity index (χ1) is 6.59. The molecule has 4 heteroatoms. The molecule has 1 amide bonds. The fourth-order valence-electron chi connectivity index (χ4n) is 2.53. The van der Waals surface area contributed by atoms with E-state index in [0.717, 1.165) is 12.8 Å². The Morgan fingerprint density at radius 1 is 1.57 bits per heavy atom. The minimum Gasteiger partial charge on any atom is -0.481 e. The first-order valence-corrected chi connectivity index (χ1v) is 5.07. The van der Waals surface area contributed by atoms with Gasteiger partial charge in [-0.05, 0) is 24.7 Å². The molecular weight excluding hydrogens is 182 g/mol. The molecule has 2 aliphatic rings. The Morgan fingerprint density at radius 3 is 2.71 bits per heavy atom. The molecule has 14 heavy (non-hydrogen) atoms. The van der Waals surface area contributed by atoms with Crippen molar-refractivity contribution in [1.29, 1.82) is 0 Å². The topological polar surface area (TPSA) is 57.6 Å². The van der Waals surface area contributed by atoms with Gasteiger partial charge in [-0.25, -0.2) is 0 Å². The summed E-state index contributed by atoms with van der Waals surface area (Å²) >= 11 is 0. The van der Waals surface area contributed by atoms with Gasteiger partial charge in [0, 0.05) is 19.5 Å². The lowest BCUT2D eigenvalue weighted by molar-refractivity contribution is -0.138. The third kappa shape index (κ3) is 1.61. The molecule has 1 saturated carbocycles. The van der Waals surface area contributed by atoms with Crippen LogP contribution in [0.25, 0.3) is 0 Å². The minimum atomic E-state index is -0.788. The number of hydrogen-bond donors (Lipinski definition) is 1. The number of rotatable bonds is 3. The number of amides is 1. The first-order valence-electron chi connectivity index (χ1n) is 5.07. The van der Waals surface area contributed by atoms with Crippen LogP contribution in [0.5, 0.6) is 0 Å². The highest BCUT2D eigenvalue weighted by atomic mass is 16.4. The van der Waals surface area contributed by atoms with Crippen molar-refractivity contribution in [3.8, 4) is 0 Å². The highest BCUT2D eigenvalue weighted by molar-refractivity contribution is 5.80. The van der Waals surface area contributed by atoms with Crippen molar-refractivity contribution >= 4 is 11.9 Å². The van der Waals surface area contributed by atoms with Gasteiger partial charge in [-0.15, -0.1) is 0 Å². The van der Waals surface area contributed by atoms with E-state index in [2.05, 4.69) is 0 Å². The van der Waals surface area contributed by atoms with Gasteiger partial charge < -0.3 is 10.0 Å². The molecular formula is C10H15NO3. The predicted octanol–water partition coefficient (Wildman–Crippen LogP) is 0.718. The van der Waals surface area contributed by atoms with Crippen LogP contribution in [0.3, 0.4) is 0 Å². The summed E-state index contributed by atoms with van der Waals surface area (Å²) in [7, 11) is 1.80. The molecule has 2 rings (SSSR count). The predicted molar refractivity (Wildman–Crippen MR) is 49.6 cm³/mol. The SMILES string of the molecule is CN1C(=O)CC(CC(=O)O)C1C1CC1. The zero-order chi connectivity index (χ0) is 10.3. The molecule has 1 N–H and O–H groups in total. The maximum atomic E-state index is 11.4. The molecule has 2 fully saturated rings. The zero-order valence-corrected chi connectivity index (χ0v) is 8.27. The average Bonchev–Trinajstić information content (AvgIpc) is 2.83. The van der Waals surface area contributed by atoms with E-state index >= 15 is 0 Å². The van der Waals surface area contributed by atoms with E-state index in [-0.39, 0.29) is 24.3 Å². The van der Waals surface area contributed by atoms with E-state index in [0.29, 0.717) is 12.3 Å². The number of carboxylic acids is 1. The van der Waals surface area contributed by atoms with Crippen LogP contribution >= 0.6 is 0 Å². The molecule has 1 aliphatic heterocycles. The maximum absolute atomic E-state index is 11.4. The quantitative estimate of drug-likeness (QED) is 0.725. The number of hydrogen-bond acceptors (Lipinski definition) is 2. The third-order valence-electron chi connectivity index (χ3n) is 3.30. The fourth-order valence-corrected chi connectivity index (χ4v) is 2.53. The smallest absolute Gasteiger partial charge is 0.303 e. The molecule has 0 aromatic rings. The van der Waals surface area contributed by atoms with Crippen LogP contribution in [0.4, 0.5) is 0 Å². The molecule has 4 nitrogen and oxygen atoms in total. The van der Waals surface area contributed by atoms with E-state index < -0.39 is 5.97 Å². The van der Waals surface area contributed by atoms with Crippen molar-refractivity contribution < 1.29 is 14.7 Å². The second-order valence-corrected chi connectivity index (χ2v) is 4.39. The molecule has 2 unspecified atom stereocenters. The molecule has 0 aromatic carbocycles. The van der Waals surface area contributed by atoms with Crippen molar-refractivity contribution in [2.24, 2.45) is 11.8 Å². The Kier molecular flexibility index (Phi) is 2.21. The number of carbonyl (C=O) groups excluding carboxylic acids is 1. The van der Waals surface area contributed by atoms with Gasteiger partial charge in [0.2, 0.25) is 5.91 Å². The van der Waals surface area contributed by atoms with Crippen molar-refractivity contribution in [2.75, 3.05) is 7.05 Å². The number of likely N-dealkylation sites (tertiary alicyclic amines) is 1. The zero-order valence-electron chi connectivity index (χ0n) is 8.27. The van der Waals surface area contributed by atoms with Crippen molar-refractivity contribution in [1.82, 2.24) is 4.90 Å². The van der Waals surface area contributed by atoms with Gasteiger partial charge in [0.25, 0.3) is 0 Å². The van der Waals surface area contributed by atoms with Crippen molar-refractivity contribution in [3.05, 3.63) is 0 Å². The monoisotopic (exact) mass is 197 g/mol. The maximum Gasteiger partial charge on any atom is 0.303 e. The number of nitrogens with zero attached hydrogens (tertiary/aromatic N) is 1. The lowest BCUT2D eigenvalue weighted by Gasteiger charge is -2.23. The second-order valence-electron chi connectivity index (χ2n) is 4.39. The molecule has 0 radical (unpaired) electrons. The molecule has 0 spiro atoms. The van der Waals surface area contributed by atoms with Crippen LogP contribution in [-0.4, -0.2) is 35.0 Å². The van der Waals surface area contributed by atoms with Gasteiger partial charge >= 0.3 is 5.97 Å². The van der Waals surface area contributed by atoms with Crippen molar-refractivity contribution in [2.45, 2.75) is 31.7 Å². The first kappa shape index (κ1) is 9.49. The summed E-state index contributed by atoms with van der Waals surface area (Å²) in [4.78, 5) is 23.8. The van der Waals surface area contributed by atoms with Crippen LogP contribution in [0.1, 0.15) is 25.7 Å². The Hall–Kier alpha value is -1.06. The summed E-state index contributed by atoms with van der Waals surface area (Å²) in [5.74, 6) is -0.0785. The number of carboxylic acid groups (broad SMARTS) is 1. The summed E-state index contributed by atoms with van der Waals surface area (Å²) in [6.07, 6.45) is 2.86. The number of aliphatic carboxylic acids is 1. The van der Waals surface area contributed by atoms with E-state index in [4.69, 9.17) is 5.11 Å². The second kappa shape index (κ2) is 3.26. The number of carbonyl (C=O) groups is 2. The molecule has 78 valence electrons. The van der Waals surface area contributed by atoms with Gasteiger partial charge in [-0.3, -0.25) is 9.59 Å². The van der Waals surface area contributed by atoms with Crippen molar-refractivity contribution in [3.63, 3.8) is 0 Å². The van der Waals surface area contributed by atoms with Gasteiger partial charge in [-0.1, -0.05) is 0 Å². The van der Waals surface area contributed by atoms with Crippen LogP contribution in [0.15, 0.2) is 0 Å². The summed E-state index contributed by atoms with van der Waals surface area (Å²) in [6, 6.07) is 0.193. The van der Waals surface area contributed by atoms with Gasteiger partial charge in [0.05, 0.1) is 6.42 Å². The van der Waals surface area contributed by atoms with E-state index in [1.807, 2.05) is 0 Å². The van der Waals surface area contributed by atoms with Gasteiger partial charge in [-0.2, -0.15) is 0 Å². The largest absolute Gasteiger partial charge is 0.481 e. The lowest BCUT2D eigenvalue weighted by Crippen LogP contribution is -2.34. The van der Waals surface area contributed by atoms with Crippen LogP contribution in [0.2, 0.25) is 0 Å². The van der Waals surface area contributed by atoms with E-state index in [9.17, 15) is 9.59 Å². The van der Waals surface area contributed by atoms with Crippen LogP contribution in [-0.2, 0) is 9.59 Å². The third-order valence-corrected chi connectivity index (χ3v) is 3.30. The Bertz CT molecular complexity index is 271. The molecule has 1 aliphatic carbocycles. The van der Waals surface area contributed by atoms with E-state index in [1.54, 1.807) is 11.9 Å². The highest BCUT2D eigenvalue weighted by Gasteiger charge is 2.46. The standard InChI is InChI=1S/C10H15NO3/c1-11-8(12)4-7(5-9(13)14)10(11)6-2-3-6/h6-7,10H,2-5H2,1H3,(H,13,14). The highest BCUT2D eigenvalue weighted by Crippen LogP contribution is 2.43. The normalized spacial score (nSPS) is 32.4. The van der Waals surface area contributed by atoms with E-state index in [1.165, 1.54) is 0 Å². The Labute approximate surface area is 82.9 Å². The summed E-state index contributed by atoms with van der Waals surface area (Å²) in [6.45, 7) is 0. The van der Waals surface area contributed by atoms with Gasteiger partial charge in [0.15, 0.2) is 0 Å². The Morgan fingerprint density at radius 2 is 2.21 bits per heavy atom. The fraction of sp³-hybridized carbons (Fsp3) is 0.800. The average molecular weight is 197 g/mol. The molecule has 1 saturated heterocycles. The lowest BCUT2D eigenvalue weighted by atomic mass is 9.93. The molecule has 2 atom stereocenters. The molecule has 0 aromatic heterocycles.